The van der Waals surface area contributed by atoms with Crippen molar-refractivity contribution < 1.29 is 9.47 Å². The topological polar surface area (TPSA) is 51.0 Å². The van der Waals surface area contributed by atoms with Crippen LogP contribution in [0.5, 0.6) is 5.75 Å². The van der Waals surface area contributed by atoms with Gasteiger partial charge in [-0.15, -0.1) is 0 Å². The highest BCUT2D eigenvalue weighted by molar-refractivity contribution is 5.55. The number of piperazine rings is 1. The molecule has 2 aliphatic rings. The van der Waals surface area contributed by atoms with Crippen LogP contribution in [-0.4, -0.2) is 61.3 Å². The molecular formula is C36H49N3O2. The number of rotatable bonds is 12. The molecule has 3 aromatic carbocycles. The van der Waals surface area contributed by atoms with Crippen molar-refractivity contribution in [1.29, 1.82) is 0 Å². The molecule has 41 heavy (non-hydrogen) atoms. The third-order valence-electron chi connectivity index (χ3n) is 9.20. The van der Waals surface area contributed by atoms with Gasteiger partial charge in [-0.05, 0) is 74.9 Å². The average Bonchev–Trinajstić information content (AvgIpc) is 3.25. The summed E-state index contributed by atoms with van der Waals surface area (Å²) >= 11 is 0. The molecular weight excluding hydrogens is 506 g/mol. The number of ether oxygens (including phenoxy) is 2. The van der Waals surface area contributed by atoms with Crippen LogP contribution in [0.1, 0.15) is 78.1 Å². The highest BCUT2D eigenvalue weighted by atomic mass is 16.5. The summed E-state index contributed by atoms with van der Waals surface area (Å²) in [4.78, 5) is 5.17. The van der Waals surface area contributed by atoms with Crippen molar-refractivity contribution in [2.24, 2.45) is 5.73 Å². The Kier molecular flexibility index (Phi) is 9.82. The van der Waals surface area contributed by atoms with Crippen LogP contribution >= 0.6 is 0 Å². The number of unbranched alkanes of at least 4 members (excludes halogenated alkanes) is 3. The Hall–Kier alpha value is -2.70. The largest absolute Gasteiger partial charge is 0.484 e. The molecule has 2 unspecified atom stereocenters. The van der Waals surface area contributed by atoms with Gasteiger partial charge in [0.15, 0.2) is 0 Å². The predicted octanol–water partition coefficient (Wildman–Crippen LogP) is 6.75. The summed E-state index contributed by atoms with van der Waals surface area (Å²) in [7, 11) is 0. The second-order valence-electron chi connectivity index (χ2n) is 12.4. The number of nitrogens with two attached hydrogens (primary N) is 1. The zero-order valence-electron chi connectivity index (χ0n) is 25.6. The van der Waals surface area contributed by atoms with Crippen molar-refractivity contribution in [2.45, 2.75) is 71.1 Å². The molecule has 0 spiro atoms. The van der Waals surface area contributed by atoms with Gasteiger partial charge in [-0.3, -0.25) is 4.90 Å². The van der Waals surface area contributed by atoms with Gasteiger partial charge < -0.3 is 20.1 Å². The molecule has 3 aromatic rings. The maximum Gasteiger partial charge on any atom is 0.138 e. The van der Waals surface area contributed by atoms with Gasteiger partial charge in [-0.25, -0.2) is 0 Å². The van der Waals surface area contributed by atoms with Gasteiger partial charge >= 0.3 is 0 Å². The second-order valence-corrected chi connectivity index (χ2v) is 12.4. The van der Waals surface area contributed by atoms with E-state index in [4.69, 9.17) is 15.2 Å². The zero-order chi connectivity index (χ0) is 28.8. The van der Waals surface area contributed by atoms with E-state index in [-0.39, 0.29) is 17.7 Å². The monoisotopic (exact) mass is 555 g/mol. The van der Waals surface area contributed by atoms with Crippen LogP contribution < -0.4 is 10.5 Å². The molecule has 0 amide bonds. The molecule has 1 saturated heterocycles. The number of hydrogen-bond donors (Lipinski definition) is 1. The van der Waals surface area contributed by atoms with Crippen LogP contribution in [0, 0.1) is 20.8 Å². The number of aryl methyl sites for hydroxylation is 2. The second kappa shape index (κ2) is 13.5. The molecule has 0 aliphatic carbocycles. The van der Waals surface area contributed by atoms with Crippen molar-refractivity contribution in [1.82, 2.24) is 9.80 Å². The van der Waals surface area contributed by atoms with E-state index in [1.54, 1.807) is 0 Å². The average molecular weight is 556 g/mol. The Morgan fingerprint density at radius 2 is 1.41 bits per heavy atom. The third-order valence-corrected chi connectivity index (χ3v) is 9.20. The minimum Gasteiger partial charge on any atom is -0.484 e. The summed E-state index contributed by atoms with van der Waals surface area (Å²) in [6, 6.07) is 23.3. The minimum atomic E-state index is -0.379. The lowest BCUT2D eigenvalue weighted by Crippen LogP contribution is -2.54. The lowest BCUT2D eigenvalue weighted by Gasteiger charge is -2.40. The molecule has 0 saturated carbocycles. The number of hydrogen-bond acceptors (Lipinski definition) is 5. The Balaban J connectivity index is 0.996. The van der Waals surface area contributed by atoms with Crippen LogP contribution in [0.3, 0.4) is 0 Å². The SMILES string of the molecule is Cc1cc(C)c2c(c1C)OC(C)(CN1CCN(CCCCCCOC(c3ccccc3)c3ccccc3)CC1)C2N. The standard InChI is InChI=1S/C36H49N3O2/c1-27-25-28(2)32-33(29(27)3)41-36(4,35(32)37)26-39-22-20-38(21-23-39)19-13-5-6-14-24-40-34(30-15-9-7-10-16-30)31-17-11-8-12-18-31/h7-12,15-18,25,34-35H,5-6,13-14,19-24,26,37H2,1-4H3. The van der Waals surface area contributed by atoms with Crippen molar-refractivity contribution in [3.8, 4) is 5.75 Å². The Bertz CT molecular complexity index is 1220. The molecule has 2 atom stereocenters. The zero-order valence-corrected chi connectivity index (χ0v) is 25.6. The Morgan fingerprint density at radius 1 is 0.829 bits per heavy atom. The van der Waals surface area contributed by atoms with E-state index in [1.165, 1.54) is 59.2 Å². The number of benzene rings is 3. The first-order valence-electron chi connectivity index (χ1n) is 15.6. The summed E-state index contributed by atoms with van der Waals surface area (Å²) in [6.07, 6.45) is 4.82. The van der Waals surface area contributed by atoms with Gasteiger partial charge in [0.05, 0.1) is 6.04 Å². The molecule has 0 bridgehead atoms. The normalized spacial score (nSPS) is 21.3. The Labute approximate surface area is 247 Å². The maximum atomic E-state index is 6.81. The molecule has 5 nitrogen and oxygen atoms in total. The predicted molar refractivity (Wildman–Crippen MR) is 169 cm³/mol. The number of fused-ring (bicyclic) bond motifs is 1. The van der Waals surface area contributed by atoms with Gasteiger partial charge in [0.2, 0.25) is 0 Å². The van der Waals surface area contributed by atoms with Gasteiger partial charge in [-0.2, -0.15) is 0 Å². The van der Waals surface area contributed by atoms with Gasteiger partial charge in [0, 0.05) is 44.9 Å². The third kappa shape index (κ3) is 7.03. The van der Waals surface area contributed by atoms with E-state index in [9.17, 15) is 0 Å². The Morgan fingerprint density at radius 3 is 2.05 bits per heavy atom. The van der Waals surface area contributed by atoms with E-state index in [2.05, 4.69) is 104 Å². The van der Waals surface area contributed by atoms with Crippen molar-refractivity contribution in [3.05, 3.63) is 100 Å². The highest BCUT2D eigenvalue weighted by Crippen LogP contribution is 2.46. The minimum absolute atomic E-state index is 0.00599. The molecule has 5 rings (SSSR count). The fourth-order valence-electron chi connectivity index (χ4n) is 6.57. The molecule has 2 heterocycles. The van der Waals surface area contributed by atoms with E-state index in [0.717, 1.165) is 51.5 Å². The quantitative estimate of drug-likeness (QED) is 0.251. The fourth-order valence-corrected chi connectivity index (χ4v) is 6.57. The summed E-state index contributed by atoms with van der Waals surface area (Å²) in [5.74, 6) is 1.03. The molecule has 1 fully saturated rings. The first-order chi connectivity index (χ1) is 19.9. The van der Waals surface area contributed by atoms with Gasteiger partial charge in [0.25, 0.3) is 0 Å². The summed E-state index contributed by atoms with van der Waals surface area (Å²) < 4.78 is 13.0. The first-order valence-corrected chi connectivity index (χ1v) is 15.6. The fraction of sp³-hybridized carbons (Fsp3) is 0.500. The summed E-state index contributed by atoms with van der Waals surface area (Å²) in [6.45, 7) is 15.9. The number of nitrogens with zero attached hydrogens (tertiary/aromatic N) is 2. The van der Waals surface area contributed by atoms with Crippen molar-refractivity contribution in [3.63, 3.8) is 0 Å². The van der Waals surface area contributed by atoms with Crippen molar-refractivity contribution >= 4 is 0 Å². The van der Waals surface area contributed by atoms with E-state index in [1.807, 2.05) is 0 Å². The smallest absolute Gasteiger partial charge is 0.138 e. The van der Waals surface area contributed by atoms with Crippen LogP contribution in [0.15, 0.2) is 66.7 Å². The molecule has 5 heteroatoms. The molecule has 2 aliphatic heterocycles. The van der Waals surface area contributed by atoms with Gasteiger partial charge in [0.1, 0.15) is 17.5 Å². The van der Waals surface area contributed by atoms with Crippen LogP contribution in [0.4, 0.5) is 0 Å². The van der Waals surface area contributed by atoms with Crippen LogP contribution in [-0.2, 0) is 4.74 Å². The highest BCUT2D eigenvalue weighted by Gasteiger charge is 2.45. The van der Waals surface area contributed by atoms with E-state index in [0.29, 0.717) is 0 Å². The summed E-state index contributed by atoms with van der Waals surface area (Å²) in [5, 5.41) is 0. The van der Waals surface area contributed by atoms with Gasteiger partial charge in [-0.1, -0.05) is 79.6 Å². The molecule has 0 aromatic heterocycles. The molecule has 0 radical (unpaired) electrons. The summed E-state index contributed by atoms with van der Waals surface area (Å²) in [5.41, 5.74) is 13.8. The van der Waals surface area contributed by atoms with E-state index >= 15 is 0 Å². The lowest BCUT2D eigenvalue weighted by molar-refractivity contribution is 0.0225. The first kappa shape index (κ1) is 29.8. The van der Waals surface area contributed by atoms with E-state index < -0.39 is 0 Å². The van der Waals surface area contributed by atoms with Crippen molar-refractivity contribution in [2.75, 3.05) is 45.9 Å². The maximum absolute atomic E-state index is 6.81. The van der Waals surface area contributed by atoms with Crippen LogP contribution in [0.25, 0.3) is 0 Å². The molecule has 220 valence electrons. The lowest BCUT2D eigenvalue weighted by atomic mass is 9.88. The van der Waals surface area contributed by atoms with Crippen LogP contribution in [0.2, 0.25) is 0 Å². The molecule has 2 N–H and O–H groups in total.